The van der Waals surface area contributed by atoms with Gasteiger partial charge in [-0.2, -0.15) is 0 Å². The number of amides is 3. The zero-order chi connectivity index (χ0) is 43.9. The summed E-state index contributed by atoms with van der Waals surface area (Å²) in [6.07, 6.45) is 8.94. The smallest absolute Gasteiger partial charge is 0.408 e. The van der Waals surface area contributed by atoms with Crippen molar-refractivity contribution in [1.29, 1.82) is 0 Å². The number of hydrogen-bond donors (Lipinski definition) is 4. The van der Waals surface area contributed by atoms with Crippen LogP contribution in [0.25, 0.3) is 22.3 Å². The maximum atomic E-state index is 14.8. The molecule has 1 spiro atoms. The number of oxime groups is 1. The number of alkyl carbamates (subject to hydrolysis) is 1. The number of nitrogens with zero attached hydrogens (tertiary/aromatic N) is 4. The minimum Gasteiger partial charge on any atom is -0.497 e. The van der Waals surface area contributed by atoms with Gasteiger partial charge in [-0.1, -0.05) is 64.3 Å². The number of methoxy groups -OCH3 is 1. The fourth-order valence-corrected chi connectivity index (χ4v) is 9.30. The van der Waals surface area contributed by atoms with Gasteiger partial charge in [-0.3, -0.25) is 9.59 Å². The van der Waals surface area contributed by atoms with Crippen LogP contribution >= 0.6 is 11.3 Å². The molecule has 0 bridgehead atoms. The van der Waals surface area contributed by atoms with E-state index < -0.39 is 47.1 Å². The molecule has 4 aliphatic rings. The molecule has 61 heavy (non-hydrogen) atoms. The number of ether oxygens (including phenoxy) is 2. The van der Waals surface area contributed by atoms with Crippen molar-refractivity contribution in [2.75, 3.05) is 19.0 Å². The molecule has 2 unspecified atom stereocenters. The molecule has 7 rings (SSSR count). The predicted octanol–water partition coefficient (Wildman–Crippen LogP) is 7.83. The van der Waals surface area contributed by atoms with Gasteiger partial charge in [-0.25, -0.2) is 19.6 Å². The van der Waals surface area contributed by atoms with Crippen LogP contribution in [0.15, 0.2) is 47.0 Å². The molecule has 330 valence electrons. The summed E-state index contributed by atoms with van der Waals surface area (Å²) in [7, 11) is 1.60. The summed E-state index contributed by atoms with van der Waals surface area (Å²) in [4.78, 5) is 72.6. The third-order valence-corrected chi connectivity index (χ3v) is 12.5. The first kappa shape index (κ1) is 45.3. The number of carbonyl (C=O) groups is 4. The number of aliphatic carboxylic acids is 1. The highest BCUT2D eigenvalue weighted by atomic mass is 32.1. The van der Waals surface area contributed by atoms with E-state index in [1.165, 1.54) is 16.2 Å². The summed E-state index contributed by atoms with van der Waals surface area (Å²) < 4.78 is 11.3. The number of thiazole rings is 1. The second-order valence-corrected chi connectivity index (χ2v) is 17.4. The molecule has 16 heteroatoms. The standard InChI is InChI=1S/C43H55N7O8S.C2H6/c1-6-13-27(7-2)57-41(55)47-31-15-12-10-8-9-11-14-26-20-43(26,39(53)54)48-37(51)36-22-42(24-50(36)38(31)52)21-34(49-58-42)30-19-33(35-23-59-40(46-35)44-25(3)4)45-32-18-28(56-5)16-17-29(30)32;1-2/h11,14,16-19,23,25-27,31,36H,6-10,12-13,15,20-22,24H2,1-5H3,(H,44,46)(H,47,55)(H,48,51)(H,53,54);1-2H3/b14-11-;/t26-,27?,31+,36+,42?,43-;/m1./s1. The third kappa shape index (κ3) is 10.1. The van der Waals surface area contributed by atoms with Crippen molar-refractivity contribution in [3.05, 3.63) is 47.4 Å². The first-order valence-electron chi connectivity index (χ1n) is 21.8. The zero-order valence-corrected chi connectivity index (χ0v) is 37.2. The molecule has 3 aromatic rings. The summed E-state index contributed by atoms with van der Waals surface area (Å²) in [5.41, 5.74) is 0.748. The fraction of sp³-hybridized carbons (Fsp3) is 0.578. The molecule has 2 fully saturated rings. The minimum absolute atomic E-state index is 0.0129. The van der Waals surface area contributed by atoms with E-state index in [0.29, 0.717) is 54.0 Å². The number of hydrogen-bond acceptors (Lipinski definition) is 12. The van der Waals surface area contributed by atoms with Gasteiger partial charge in [-0.15, -0.1) is 11.3 Å². The Kier molecular flexibility index (Phi) is 14.6. The van der Waals surface area contributed by atoms with Gasteiger partial charge in [0.15, 0.2) is 10.7 Å². The number of rotatable bonds is 11. The Labute approximate surface area is 362 Å². The molecule has 1 aromatic carbocycles. The Hall–Kier alpha value is -5.25. The maximum absolute atomic E-state index is 14.8. The summed E-state index contributed by atoms with van der Waals surface area (Å²) in [6.45, 7) is 12.0. The number of carbonyl (C=O) groups excluding carboxylic acids is 3. The van der Waals surface area contributed by atoms with Crippen molar-refractivity contribution in [1.82, 2.24) is 25.5 Å². The lowest BCUT2D eigenvalue weighted by Crippen LogP contribution is -2.56. The van der Waals surface area contributed by atoms with Crippen molar-refractivity contribution in [3.8, 4) is 17.1 Å². The fourth-order valence-electron chi connectivity index (χ4n) is 8.45. The SMILES string of the molecule is CC.CCCC(CC)OC(=O)N[C@H]1CCCCC/C=C\[C@@H]2C[C@@]2(C(=O)O)NC(=O)[C@@H]2CC3(CC(c4cc(-c5csc(NC(C)C)n5)nc5cc(OC)ccc45)=NO3)CN2C1=O. The van der Waals surface area contributed by atoms with Crippen LogP contribution in [0.4, 0.5) is 9.93 Å². The molecule has 0 radical (unpaired) electrons. The van der Waals surface area contributed by atoms with E-state index in [9.17, 15) is 24.3 Å². The Morgan fingerprint density at radius 2 is 1.90 bits per heavy atom. The van der Waals surface area contributed by atoms with Crippen molar-refractivity contribution in [2.24, 2.45) is 11.1 Å². The normalized spacial score (nSPS) is 26.0. The van der Waals surface area contributed by atoms with E-state index in [2.05, 4.69) is 21.1 Å². The molecule has 1 saturated carbocycles. The molecule has 5 heterocycles. The molecular formula is C45H61N7O8S. The van der Waals surface area contributed by atoms with Crippen molar-refractivity contribution < 1.29 is 38.6 Å². The number of allylic oxidation sites excluding steroid dienone is 1. The number of anilines is 1. The largest absolute Gasteiger partial charge is 0.497 e. The highest BCUT2D eigenvalue weighted by Gasteiger charge is 2.62. The second-order valence-electron chi connectivity index (χ2n) is 16.5. The summed E-state index contributed by atoms with van der Waals surface area (Å²) in [5, 5.41) is 27.5. The summed E-state index contributed by atoms with van der Waals surface area (Å²) in [5.74, 6) is -1.90. The number of aromatic nitrogens is 2. The quantitative estimate of drug-likeness (QED) is 0.137. The van der Waals surface area contributed by atoms with Gasteiger partial charge >= 0.3 is 12.1 Å². The molecule has 1 aliphatic carbocycles. The first-order valence-corrected chi connectivity index (χ1v) is 22.7. The molecular weight excluding hydrogens is 799 g/mol. The Balaban J connectivity index is 0.00000307. The minimum atomic E-state index is -1.47. The Morgan fingerprint density at radius 1 is 1.10 bits per heavy atom. The number of carboxylic acids is 1. The first-order chi connectivity index (χ1) is 29.4. The molecule has 15 nitrogen and oxygen atoms in total. The molecule has 3 aliphatic heterocycles. The molecule has 2 aromatic heterocycles. The van der Waals surface area contributed by atoms with Crippen LogP contribution in [-0.2, 0) is 24.0 Å². The van der Waals surface area contributed by atoms with Crippen molar-refractivity contribution >= 4 is 57.0 Å². The van der Waals surface area contributed by atoms with E-state index in [-0.39, 0.29) is 43.9 Å². The monoisotopic (exact) mass is 859 g/mol. The molecule has 3 amide bonds. The average molecular weight is 860 g/mol. The van der Waals surface area contributed by atoms with Crippen LogP contribution in [0, 0.1) is 5.92 Å². The number of nitrogens with one attached hydrogen (secondary N) is 3. The van der Waals surface area contributed by atoms with Crippen LogP contribution in [0.3, 0.4) is 0 Å². The van der Waals surface area contributed by atoms with Crippen LogP contribution in [0.2, 0.25) is 0 Å². The van der Waals surface area contributed by atoms with Crippen LogP contribution in [0.5, 0.6) is 5.75 Å². The third-order valence-electron chi connectivity index (χ3n) is 11.7. The zero-order valence-electron chi connectivity index (χ0n) is 36.4. The van der Waals surface area contributed by atoms with Crippen molar-refractivity contribution in [3.63, 3.8) is 0 Å². The van der Waals surface area contributed by atoms with Gasteiger partial charge < -0.3 is 40.3 Å². The van der Waals surface area contributed by atoms with E-state index in [4.69, 9.17) is 24.3 Å². The van der Waals surface area contributed by atoms with Crippen LogP contribution in [-0.4, -0.2) is 98.6 Å². The van der Waals surface area contributed by atoms with E-state index in [1.807, 2.05) is 83.3 Å². The van der Waals surface area contributed by atoms with Crippen molar-refractivity contribution in [2.45, 2.75) is 148 Å². The van der Waals surface area contributed by atoms with E-state index in [1.54, 1.807) is 7.11 Å². The molecule has 6 atom stereocenters. The van der Waals surface area contributed by atoms with Crippen LogP contribution in [0.1, 0.15) is 118 Å². The number of carboxylic acid groups (broad SMARTS) is 1. The number of benzene rings is 1. The molecule has 1 saturated heterocycles. The topological polar surface area (TPSA) is 194 Å². The second kappa shape index (κ2) is 19.6. The predicted molar refractivity (Wildman–Crippen MR) is 236 cm³/mol. The van der Waals surface area contributed by atoms with Gasteiger partial charge in [0, 0.05) is 47.2 Å². The number of pyridine rings is 1. The lowest BCUT2D eigenvalue weighted by molar-refractivity contribution is -0.145. The van der Waals surface area contributed by atoms with Gasteiger partial charge in [0.2, 0.25) is 11.8 Å². The Morgan fingerprint density at radius 3 is 2.62 bits per heavy atom. The van der Waals surface area contributed by atoms with Gasteiger partial charge in [0.05, 0.1) is 30.6 Å². The Bertz CT molecular complexity index is 2140. The lowest BCUT2D eigenvalue weighted by atomic mass is 9.90. The lowest BCUT2D eigenvalue weighted by Gasteiger charge is -2.30. The number of fused-ring (bicyclic) bond motifs is 3. The average Bonchev–Trinajstić information content (AvgIpc) is 3.56. The maximum Gasteiger partial charge on any atom is 0.408 e. The summed E-state index contributed by atoms with van der Waals surface area (Å²) >= 11 is 1.49. The van der Waals surface area contributed by atoms with E-state index in [0.717, 1.165) is 41.8 Å². The highest BCUT2D eigenvalue weighted by Crippen LogP contribution is 2.47. The van der Waals surface area contributed by atoms with Gasteiger partial charge in [0.1, 0.15) is 35.2 Å². The molecule has 4 N–H and O–H groups in total. The van der Waals surface area contributed by atoms with Gasteiger partial charge in [-0.05, 0) is 70.6 Å². The van der Waals surface area contributed by atoms with Gasteiger partial charge in [0.25, 0.3) is 0 Å². The van der Waals surface area contributed by atoms with E-state index >= 15 is 0 Å². The highest BCUT2D eigenvalue weighted by molar-refractivity contribution is 7.14. The van der Waals surface area contributed by atoms with Crippen LogP contribution < -0.4 is 20.7 Å². The summed E-state index contributed by atoms with van der Waals surface area (Å²) in [6, 6.07) is 5.68.